The van der Waals surface area contributed by atoms with E-state index in [1.807, 2.05) is 109 Å². The van der Waals surface area contributed by atoms with Gasteiger partial charge >= 0.3 is 6.09 Å². The summed E-state index contributed by atoms with van der Waals surface area (Å²) < 4.78 is 42.7. The zero-order valence-electron chi connectivity index (χ0n) is 50.9. The molecule has 3 N–H and O–H groups in total. The summed E-state index contributed by atoms with van der Waals surface area (Å²) in [5.74, 6) is 0.557. The van der Waals surface area contributed by atoms with Crippen molar-refractivity contribution in [2.45, 2.75) is 53.1 Å². The van der Waals surface area contributed by atoms with Crippen LogP contribution >= 0.6 is 23.2 Å². The first-order valence-electron chi connectivity index (χ1n) is 30.2. The summed E-state index contributed by atoms with van der Waals surface area (Å²) in [4.78, 5) is 58.3. The molecule has 0 radical (unpaired) electrons. The average Bonchev–Trinajstić information content (AvgIpc) is 1.87. The zero-order valence-corrected chi connectivity index (χ0v) is 52.4. The molecule has 18 heteroatoms. The Morgan fingerprint density at radius 2 is 1.07 bits per heavy atom. The van der Waals surface area contributed by atoms with Gasteiger partial charge in [0.1, 0.15) is 18.8 Å². The fourth-order valence-electron chi connectivity index (χ4n) is 10.7. The molecule has 6 heterocycles. The molecule has 10 rings (SSSR count). The lowest BCUT2D eigenvalue weighted by Gasteiger charge is -2.37. The number of nitrogens with one attached hydrogen (secondary N) is 3. The average molecular weight is 1250 g/mol. The summed E-state index contributed by atoms with van der Waals surface area (Å²) in [6, 6.07) is 44.2. The molecule has 2 aliphatic heterocycles. The van der Waals surface area contributed by atoms with E-state index in [2.05, 4.69) is 63.4 Å². The van der Waals surface area contributed by atoms with Crippen molar-refractivity contribution in [3.05, 3.63) is 214 Å². The number of para-hydroxylation sites is 2. The van der Waals surface area contributed by atoms with Crippen LogP contribution in [0.3, 0.4) is 0 Å². The number of hydrogen-bond donors (Lipinski definition) is 3. The van der Waals surface area contributed by atoms with Crippen molar-refractivity contribution in [3.8, 4) is 11.8 Å². The summed E-state index contributed by atoms with van der Waals surface area (Å²) in [5.41, 5.74) is 11.2. The van der Waals surface area contributed by atoms with Crippen LogP contribution < -0.4 is 14.8 Å². The van der Waals surface area contributed by atoms with Crippen LogP contribution in [-0.2, 0) is 14.3 Å². The third-order valence-electron chi connectivity index (χ3n) is 15.3. The van der Waals surface area contributed by atoms with E-state index in [9.17, 15) is 23.2 Å². The van der Waals surface area contributed by atoms with E-state index >= 15 is 0 Å². The number of alkyl halides is 2. The number of likely N-dealkylation sites (tertiary alicyclic amines) is 2. The number of aromatic nitrogens is 4. The fraction of sp³-hybridized carbons (Fsp3) is 0.310. The number of fused-ring (bicyclic) bond motifs is 2. The van der Waals surface area contributed by atoms with Crippen LogP contribution in [0.15, 0.2) is 170 Å². The summed E-state index contributed by atoms with van der Waals surface area (Å²) in [7, 11) is 0. The van der Waals surface area contributed by atoms with Gasteiger partial charge in [-0.2, -0.15) is 0 Å². The van der Waals surface area contributed by atoms with E-state index in [0.717, 1.165) is 85.0 Å². The zero-order chi connectivity index (χ0) is 62.9. The Hall–Kier alpha value is -8.57. The number of benzene rings is 4. The predicted octanol–water partition coefficient (Wildman–Crippen LogP) is 14.7. The van der Waals surface area contributed by atoms with Gasteiger partial charge in [-0.1, -0.05) is 146 Å². The lowest BCUT2D eigenvalue weighted by atomic mass is 9.91. The number of halogens is 4. The predicted molar refractivity (Wildman–Crippen MR) is 352 cm³/mol. The van der Waals surface area contributed by atoms with Crippen molar-refractivity contribution in [2.75, 3.05) is 78.9 Å². The topological polar surface area (TPSA) is 158 Å². The van der Waals surface area contributed by atoms with E-state index in [1.54, 1.807) is 55.0 Å². The van der Waals surface area contributed by atoms with Crippen molar-refractivity contribution in [2.24, 2.45) is 11.8 Å². The monoisotopic (exact) mass is 1240 g/mol. The molecule has 0 bridgehead atoms. The molecule has 464 valence electrons. The summed E-state index contributed by atoms with van der Waals surface area (Å²) in [5, 5.41) is 6.49. The van der Waals surface area contributed by atoms with Crippen LogP contribution in [-0.4, -0.2) is 137 Å². The molecule has 0 aliphatic carbocycles. The number of pyridine rings is 2. The van der Waals surface area contributed by atoms with Gasteiger partial charge in [0.25, 0.3) is 0 Å². The second kappa shape index (κ2) is 31.1. The van der Waals surface area contributed by atoms with Crippen molar-refractivity contribution < 1.29 is 37.4 Å². The lowest BCUT2D eigenvalue weighted by molar-refractivity contribution is -0.133. The van der Waals surface area contributed by atoms with Crippen LogP contribution in [0.1, 0.15) is 81.1 Å². The summed E-state index contributed by atoms with van der Waals surface area (Å²) >= 11 is 13.9. The second-order valence-corrected chi connectivity index (χ2v) is 23.6. The number of allylic oxidation sites excluding steroid dienone is 2. The molecule has 2 saturated heterocycles. The number of amides is 3. The van der Waals surface area contributed by atoms with Crippen molar-refractivity contribution in [1.29, 1.82) is 0 Å². The van der Waals surface area contributed by atoms with Crippen molar-refractivity contribution in [3.63, 3.8) is 0 Å². The fourth-order valence-corrected chi connectivity index (χ4v) is 11.3. The van der Waals surface area contributed by atoms with Gasteiger partial charge in [-0.05, 0) is 80.2 Å². The number of hydrogen-bond acceptors (Lipinski definition) is 9. The highest BCUT2D eigenvalue weighted by Crippen LogP contribution is 2.42. The molecule has 4 aromatic carbocycles. The Bertz CT molecular complexity index is 3800. The van der Waals surface area contributed by atoms with Gasteiger partial charge in [0.15, 0.2) is 0 Å². The van der Waals surface area contributed by atoms with Crippen LogP contribution in [0.4, 0.5) is 13.6 Å². The molecule has 89 heavy (non-hydrogen) atoms. The van der Waals surface area contributed by atoms with Crippen molar-refractivity contribution in [1.82, 2.24) is 40.0 Å². The molecule has 8 aromatic rings. The number of rotatable bonds is 24. The van der Waals surface area contributed by atoms with Crippen molar-refractivity contribution >= 4 is 85.2 Å². The van der Waals surface area contributed by atoms with Gasteiger partial charge < -0.3 is 44.2 Å². The molecule has 4 aromatic heterocycles. The third kappa shape index (κ3) is 16.8. The first-order valence-corrected chi connectivity index (χ1v) is 30.9. The highest BCUT2D eigenvalue weighted by molar-refractivity contribution is 6.38. The second-order valence-electron chi connectivity index (χ2n) is 22.8. The maximum atomic E-state index is 13.0. The molecular weight excluding hydrogens is 1170 g/mol. The van der Waals surface area contributed by atoms with E-state index < -0.39 is 18.4 Å². The quantitative estimate of drug-likeness (QED) is 0.0396. The number of aromatic amines is 2. The van der Waals surface area contributed by atoms with Crippen LogP contribution in [0.2, 0.25) is 10.0 Å². The Labute approximate surface area is 529 Å². The Morgan fingerprint density at radius 1 is 0.618 bits per heavy atom. The Balaban J connectivity index is 0.000000214. The summed E-state index contributed by atoms with van der Waals surface area (Å²) in [6.07, 6.45) is 11.0. The highest BCUT2D eigenvalue weighted by Gasteiger charge is 2.31. The molecule has 3 amide bonds. The van der Waals surface area contributed by atoms with Gasteiger partial charge in [-0.25, -0.2) is 14.8 Å². The van der Waals surface area contributed by atoms with E-state index in [1.165, 1.54) is 22.6 Å². The largest absolute Gasteiger partial charge is 0.476 e. The number of carbonyl (C=O) groups excluding carboxylic acids is 3. The van der Waals surface area contributed by atoms with E-state index in [0.29, 0.717) is 67.7 Å². The van der Waals surface area contributed by atoms with Crippen LogP contribution in [0.5, 0.6) is 11.8 Å². The maximum Gasteiger partial charge on any atom is 0.410 e. The number of H-pyrrole nitrogens is 2. The minimum absolute atomic E-state index is 0.00290. The Kier molecular flexibility index (Phi) is 22.6. The van der Waals surface area contributed by atoms with E-state index in [-0.39, 0.29) is 50.0 Å². The smallest absolute Gasteiger partial charge is 0.410 e. The molecule has 2 aliphatic rings. The van der Waals surface area contributed by atoms with Gasteiger partial charge in [0.2, 0.25) is 23.6 Å². The SMILES string of the molecule is CC/C(=C(/c1ccc(OCCN(C/C=C/C(=O)N2CC(CF)C2)C(=O)OC(C)(C)C)nc1)c1[nH]c2ccccc2c1Cl)c1ccccc1.CC/C(=C(/c1ccc(OCCNC/C=C/C(=O)N2CC(CF)C2)nc1)c1[nH]c2ccccc2c1Cl)c1ccccc1. The minimum atomic E-state index is -0.692. The first kappa shape index (κ1) is 64.9. The number of nitrogens with zero attached hydrogens (tertiary/aromatic N) is 5. The van der Waals surface area contributed by atoms with Crippen LogP contribution in [0, 0.1) is 11.8 Å². The normalized spacial score (nSPS) is 14.3. The summed E-state index contributed by atoms with van der Waals surface area (Å²) in [6.45, 7) is 12.8. The standard InChI is InChI=1S/C38H42ClFN4O4.C33H34ClFN4O2/c1-5-29(27-12-7-6-8-13-27)34(36-35(39)30-14-9-10-15-31(30)42-36)28-17-18-32(41-23-28)47-21-20-43(37(46)48-38(2,3)4)19-11-16-33(45)44-24-26(22-40)25-44;1-2-26(24-9-4-3-5-10-24)31(33-32(34)27-11-6-7-12-28(27)38-33)25-14-15-29(37-20-25)41-18-17-36-16-8-13-30(40)39-21-23(19-35)22-39/h6-18,23,26,42H,5,19-22,24-25H2,1-4H3;3-15,20,23,36,38H,2,16-19,21-22H2,1H3/b16-11+,34-29+;13-8+,31-26+. The minimum Gasteiger partial charge on any atom is -0.476 e. The molecule has 0 unspecified atom stereocenters. The maximum absolute atomic E-state index is 13.0. The highest BCUT2D eigenvalue weighted by atomic mass is 35.5. The molecule has 14 nitrogen and oxygen atoms in total. The van der Waals surface area contributed by atoms with Gasteiger partial charge in [0, 0.05) is 138 Å². The number of carbonyl (C=O) groups is 3. The van der Waals surface area contributed by atoms with Gasteiger partial charge in [0.05, 0.1) is 41.3 Å². The molecule has 2 fully saturated rings. The molecule has 0 atom stereocenters. The van der Waals surface area contributed by atoms with Gasteiger partial charge in [-0.3, -0.25) is 18.4 Å². The number of ether oxygens (including phenoxy) is 3. The molecule has 0 spiro atoms. The third-order valence-corrected chi connectivity index (χ3v) is 16.1. The molecular formula is C71H76Cl2F2N8O6. The van der Waals surface area contributed by atoms with Crippen LogP contribution in [0.25, 0.3) is 44.1 Å². The first-order chi connectivity index (χ1) is 43.2. The molecule has 0 saturated carbocycles. The van der Waals surface area contributed by atoms with E-state index in [4.69, 9.17) is 37.4 Å². The Morgan fingerprint density at radius 3 is 1.49 bits per heavy atom. The van der Waals surface area contributed by atoms with Gasteiger partial charge in [-0.15, -0.1) is 0 Å². The lowest BCUT2D eigenvalue weighted by Crippen LogP contribution is -2.50.